The van der Waals surface area contributed by atoms with E-state index in [1.807, 2.05) is 0 Å². The molecule has 0 spiro atoms. The monoisotopic (exact) mass is 664 g/mol. The van der Waals surface area contributed by atoms with E-state index in [-0.39, 0.29) is 5.82 Å². The van der Waals surface area contributed by atoms with E-state index in [4.69, 9.17) is 0 Å². The molecular weight excluding hydrogens is 639 g/mol. The Morgan fingerprint density at radius 1 is 0.591 bits per heavy atom. The number of aromatic nitrogens is 2. The number of halogens is 13. The second-order valence-electron chi connectivity index (χ2n) is 9.20. The second kappa shape index (κ2) is 14.4. The number of hydrogen-bond donors (Lipinski definition) is 0. The standard InChI is InChI=1S/C25H25F13N2O4/c1-2-3-4-5-6-7-8-16-13-39-19(40-14-16)17-9-11-18(12-10-17)41-15-20(26,27)42-21(28,29)22(30,31)43-23(32,33)24(34,35)44-25(36,37)38/h9-14H,2-8,15H2,1H3. The Morgan fingerprint density at radius 3 is 1.59 bits per heavy atom. The zero-order valence-corrected chi connectivity index (χ0v) is 22.6. The van der Waals surface area contributed by atoms with Gasteiger partial charge in [-0.1, -0.05) is 39.0 Å². The predicted octanol–water partition coefficient (Wildman–Crippen LogP) is 8.96. The molecule has 44 heavy (non-hydrogen) atoms. The summed E-state index contributed by atoms with van der Waals surface area (Å²) in [7, 11) is 0. The number of benzene rings is 1. The molecule has 0 bridgehead atoms. The van der Waals surface area contributed by atoms with E-state index in [1.54, 1.807) is 21.9 Å². The zero-order chi connectivity index (χ0) is 33.5. The predicted molar refractivity (Wildman–Crippen MR) is 124 cm³/mol. The van der Waals surface area contributed by atoms with Gasteiger partial charge < -0.3 is 4.74 Å². The van der Waals surface area contributed by atoms with Crippen molar-refractivity contribution in [1.82, 2.24) is 9.97 Å². The van der Waals surface area contributed by atoms with Crippen LogP contribution in [0.15, 0.2) is 36.7 Å². The van der Waals surface area contributed by atoms with Crippen LogP contribution < -0.4 is 4.74 Å². The Kier molecular flexibility index (Phi) is 12.2. The van der Waals surface area contributed by atoms with Crippen molar-refractivity contribution in [2.45, 2.75) is 88.8 Å². The molecule has 2 aromatic rings. The summed E-state index contributed by atoms with van der Waals surface area (Å²) in [6.07, 6.45) is -29.4. The van der Waals surface area contributed by atoms with Gasteiger partial charge in [0.2, 0.25) is 0 Å². The Bertz CT molecular complexity index is 1160. The minimum Gasteiger partial charge on any atom is -0.484 e. The molecule has 0 aliphatic rings. The molecule has 0 saturated heterocycles. The van der Waals surface area contributed by atoms with Crippen molar-refractivity contribution in [3.8, 4) is 17.1 Å². The van der Waals surface area contributed by atoms with Gasteiger partial charge in [0.25, 0.3) is 0 Å². The smallest absolute Gasteiger partial charge is 0.484 e. The molecule has 0 aliphatic heterocycles. The molecule has 6 nitrogen and oxygen atoms in total. The highest BCUT2D eigenvalue weighted by Crippen LogP contribution is 2.48. The minimum atomic E-state index is -7.11. The van der Waals surface area contributed by atoms with Gasteiger partial charge in [0.15, 0.2) is 12.4 Å². The first-order valence-corrected chi connectivity index (χ1v) is 12.7. The van der Waals surface area contributed by atoms with Crippen LogP contribution >= 0.6 is 0 Å². The van der Waals surface area contributed by atoms with E-state index < -0.39 is 49.3 Å². The molecule has 0 aliphatic carbocycles. The zero-order valence-electron chi connectivity index (χ0n) is 22.6. The molecule has 0 amide bonds. The third kappa shape index (κ3) is 11.2. The Balaban J connectivity index is 1.96. The topological polar surface area (TPSA) is 62.7 Å². The van der Waals surface area contributed by atoms with Crippen molar-refractivity contribution in [3.05, 3.63) is 42.2 Å². The van der Waals surface area contributed by atoms with Crippen LogP contribution in [0.2, 0.25) is 0 Å². The fourth-order valence-electron chi connectivity index (χ4n) is 3.37. The number of aryl methyl sites for hydroxylation is 1. The van der Waals surface area contributed by atoms with Crippen LogP contribution in [0.3, 0.4) is 0 Å². The fraction of sp³-hybridized carbons (Fsp3) is 0.600. The maximum Gasteiger partial charge on any atom is 0.527 e. The van der Waals surface area contributed by atoms with Gasteiger partial charge >= 0.3 is 36.9 Å². The van der Waals surface area contributed by atoms with Crippen molar-refractivity contribution in [2.75, 3.05) is 6.61 Å². The number of nitrogens with zero attached hydrogens (tertiary/aromatic N) is 2. The molecule has 0 N–H and O–H groups in total. The third-order valence-electron chi connectivity index (χ3n) is 5.50. The average molecular weight is 664 g/mol. The molecule has 0 unspecified atom stereocenters. The molecule has 1 aromatic carbocycles. The largest absolute Gasteiger partial charge is 0.527 e. The van der Waals surface area contributed by atoms with E-state index >= 15 is 0 Å². The van der Waals surface area contributed by atoms with Crippen LogP contribution in [0.4, 0.5) is 57.1 Å². The minimum absolute atomic E-state index is 0.224. The highest BCUT2D eigenvalue weighted by Gasteiger charge is 2.74. The van der Waals surface area contributed by atoms with Crippen LogP contribution in [-0.2, 0) is 20.6 Å². The molecule has 2 rings (SSSR count). The number of rotatable bonds is 18. The molecule has 1 heterocycles. The van der Waals surface area contributed by atoms with E-state index in [9.17, 15) is 57.1 Å². The van der Waals surface area contributed by atoms with Crippen molar-refractivity contribution in [3.63, 3.8) is 0 Å². The number of unbranched alkanes of at least 4 members (excludes halogenated alkanes) is 5. The lowest BCUT2D eigenvalue weighted by Gasteiger charge is -2.33. The normalized spacial score (nSPS) is 13.8. The first-order valence-electron chi connectivity index (χ1n) is 12.7. The SMILES string of the molecule is CCCCCCCCc1cnc(-c2ccc(OCC(F)(F)OC(F)(F)C(F)(F)OC(F)(F)C(F)(F)OC(F)(F)F)cc2)nc1. The van der Waals surface area contributed by atoms with Crippen LogP contribution in [-0.4, -0.2) is 53.5 Å². The first-order chi connectivity index (χ1) is 20.1. The van der Waals surface area contributed by atoms with E-state index in [2.05, 4.69) is 26.4 Å². The van der Waals surface area contributed by atoms with Crippen molar-refractivity contribution < 1.29 is 76.0 Å². The number of ether oxygens (including phenoxy) is 4. The molecule has 1 aromatic heterocycles. The molecule has 19 heteroatoms. The van der Waals surface area contributed by atoms with Crippen LogP contribution in [0.25, 0.3) is 11.4 Å². The second-order valence-corrected chi connectivity index (χ2v) is 9.20. The summed E-state index contributed by atoms with van der Waals surface area (Å²) in [5.41, 5.74) is 1.24. The maximum absolute atomic E-state index is 13.8. The molecule has 0 fully saturated rings. The highest BCUT2D eigenvalue weighted by molar-refractivity contribution is 5.55. The van der Waals surface area contributed by atoms with Crippen molar-refractivity contribution in [1.29, 1.82) is 0 Å². The van der Waals surface area contributed by atoms with Crippen LogP contribution in [0, 0.1) is 0 Å². The van der Waals surface area contributed by atoms with Crippen LogP contribution in [0.5, 0.6) is 5.75 Å². The van der Waals surface area contributed by atoms with Crippen LogP contribution in [0.1, 0.15) is 51.0 Å². The Hall–Kier alpha value is -2.93. The third-order valence-corrected chi connectivity index (χ3v) is 5.50. The summed E-state index contributed by atoms with van der Waals surface area (Å²) < 4.78 is 180. The molecule has 0 atom stereocenters. The van der Waals surface area contributed by atoms with Gasteiger partial charge in [0, 0.05) is 18.0 Å². The Labute approximate surface area is 241 Å². The van der Waals surface area contributed by atoms with Gasteiger partial charge in [-0.15, -0.1) is 13.2 Å². The number of alkyl halides is 13. The molecule has 0 radical (unpaired) electrons. The fourth-order valence-corrected chi connectivity index (χ4v) is 3.37. The first kappa shape index (κ1) is 37.3. The van der Waals surface area contributed by atoms with Gasteiger partial charge in [-0.25, -0.2) is 24.2 Å². The summed E-state index contributed by atoms with van der Waals surface area (Å²) >= 11 is 0. The van der Waals surface area contributed by atoms with Crippen molar-refractivity contribution in [2.24, 2.45) is 0 Å². The van der Waals surface area contributed by atoms with Gasteiger partial charge in [0.05, 0.1) is 0 Å². The quantitative estimate of drug-likeness (QED) is 0.117. The van der Waals surface area contributed by atoms with Gasteiger partial charge in [0.1, 0.15) is 5.75 Å². The molecule has 0 saturated carbocycles. The number of hydrogen-bond acceptors (Lipinski definition) is 6. The highest BCUT2D eigenvalue weighted by atomic mass is 19.4. The summed E-state index contributed by atoms with van der Waals surface area (Å²) in [5, 5.41) is 0. The van der Waals surface area contributed by atoms with Gasteiger partial charge in [-0.2, -0.15) is 43.9 Å². The summed E-state index contributed by atoms with van der Waals surface area (Å²) in [4.78, 5) is 8.38. The lowest BCUT2D eigenvalue weighted by atomic mass is 10.1. The lowest BCUT2D eigenvalue weighted by Crippen LogP contribution is -2.57. The lowest BCUT2D eigenvalue weighted by molar-refractivity contribution is -0.564. The average Bonchev–Trinajstić information content (AvgIpc) is 2.87. The van der Waals surface area contributed by atoms with Crippen molar-refractivity contribution >= 4 is 0 Å². The van der Waals surface area contributed by atoms with E-state index in [0.29, 0.717) is 5.56 Å². The Morgan fingerprint density at radius 2 is 1.07 bits per heavy atom. The summed E-state index contributed by atoms with van der Waals surface area (Å²) in [5.74, 6) is -0.236. The van der Waals surface area contributed by atoms with Gasteiger partial charge in [-0.3, -0.25) is 0 Å². The van der Waals surface area contributed by atoms with E-state index in [1.165, 1.54) is 18.6 Å². The maximum atomic E-state index is 13.8. The van der Waals surface area contributed by atoms with Gasteiger partial charge in [-0.05, 0) is 42.7 Å². The molecule has 250 valence electrons. The summed E-state index contributed by atoms with van der Waals surface area (Å²) in [6.45, 7) is -0.129. The van der Waals surface area contributed by atoms with E-state index in [0.717, 1.165) is 56.2 Å². The molecular formula is C25H25F13N2O4. The summed E-state index contributed by atoms with van der Waals surface area (Å²) in [6, 6.07) is 4.58.